The van der Waals surface area contributed by atoms with E-state index < -0.39 is 17.8 Å². The van der Waals surface area contributed by atoms with E-state index in [0.717, 1.165) is 128 Å². The van der Waals surface area contributed by atoms with Crippen molar-refractivity contribution in [3.05, 3.63) is 217 Å². The van der Waals surface area contributed by atoms with Crippen molar-refractivity contribution < 1.29 is 47.7 Å². The molecule has 2 aromatic heterocycles. The minimum atomic E-state index is -1.04. The number of fused-ring (bicyclic) bond motifs is 4. The standard InChI is InChI=1S/C20H19N5O2.C18H15N5O2.C14H13N3O.C14H11N3O.C9H3FN2O.C7H3FI2O/c1-2-27-20(26)18-11-24(12-23-18)8-13-3-14(6-21)19(15(4-13)7-22)25-9-16-5-17(16)10-25;19-4-12-1-11(7-23-10-16(6-21-23)18(24)25)2-13(5-20)17(12)22-8-14-3-15(14)9-22;2*15-4-10-1-9(8-18)2-11(5-16)14(10)17-6-12-3-13(12)7-17;10-9-7(3-11)1-6(5-13)2-8(9)4-12;8-7-5(9)1-4(3-11)2-6(7)10/h3-4,11-12,16-17H,2,5,8-10H2,1H3;1-2,6,10,14-15H,3,7-9H2,(H,24,25);1-2,12-13,18H,3,6-8H2;1-2,8,12-13H,3,6-7H2;1-2,5H;1-3H. The van der Waals surface area contributed by atoms with Crippen molar-refractivity contribution in [2.24, 2.45) is 47.3 Å². The van der Waals surface area contributed by atoms with Gasteiger partial charge in [0.1, 0.15) is 85.4 Å². The quantitative estimate of drug-likeness (QED) is 0.0416. The summed E-state index contributed by atoms with van der Waals surface area (Å²) in [7, 11) is 0. The molecule has 16 rings (SSSR count). The number of halogens is 4. The minimum Gasteiger partial charge on any atom is -0.478 e. The maximum Gasteiger partial charge on any atom is 0.358 e. The number of carboxylic acid groups (broad SMARTS) is 1. The highest BCUT2D eigenvalue weighted by atomic mass is 127. The van der Waals surface area contributed by atoms with Crippen LogP contribution >= 0.6 is 45.2 Å². The molecule has 2 N–H and O–H groups in total. The summed E-state index contributed by atoms with van der Waals surface area (Å²) in [5.41, 5.74) is 9.81. The van der Waals surface area contributed by atoms with Gasteiger partial charge in [-0.15, -0.1) is 0 Å². The van der Waals surface area contributed by atoms with E-state index in [9.17, 15) is 74.8 Å². The molecule has 4 saturated heterocycles. The van der Waals surface area contributed by atoms with Crippen LogP contribution in [0.25, 0.3) is 0 Å². The molecular formula is C82H64F2I2N18O8. The topological polar surface area (TPSA) is 422 Å². The Morgan fingerprint density at radius 1 is 0.473 bits per heavy atom. The first-order valence-electron chi connectivity index (χ1n) is 35.2. The monoisotopic (exact) mass is 1720 g/mol. The number of hydrogen-bond donors (Lipinski definition) is 2. The Labute approximate surface area is 669 Å². The summed E-state index contributed by atoms with van der Waals surface area (Å²) >= 11 is 3.72. The summed E-state index contributed by atoms with van der Waals surface area (Å²) in [4.78, 5) is 66.7. The fraction of sp³-hybridized carbons (Fsp3) is 0.305. The largest absolute Gasteiger partial charge is 0.478 e. The minimum absolute atomic E-state index is 0.105. The van der Waals surface area contributed by atoms with Crippen molar-refractivity contribution >= 4 is 98.7 Å². The second-order valence-corrected chi connectivity index (χ2v) is 30.3. The van der Waals surface area contributed by atoms with Gasteiger partial charge in [0.25, 0.3) is 0 Å². The van der Waals surface area contributed by atoms with Gasteiger partial charge in [-0.05, 0) is 215 Å². The Balaban J connectivity index is 0.000000136. The van der Waals surface area contributed by atoms with E-state index in [-0.39, 0.29) is 40.4 Å². The number of aliphatic hydroxyl groups is 1. The zero-order valence-corrected chi connectivity index (χ0v) is 64.1. The number of esters is 1. The average molecular weight is 1720 g/mol. The molecule has 4 aliphatic carbocycles. The van der Waals surface area contributed by atoms with Crippen LogP contribution in [0.3, 0.4) is 0 Å². The first-order valence-corrected chi connectivity index (χ1v) is 37.4. The molecule has 0 amide bonds. The number of aldehydes is 3. The van der Waals surface area contributed by atoms with Crippen LogP contribution in [0.4, 0.5) is 31.5 Å². The maximum absolute atomic E-state index is 13.0. The van der Waals surface area contributed by atoms with Crippen LogP contribution < -0.4 is 19.6 Å². The van der Waals surface area contributed by atoms with Gasteiger partial charge in [-0.25, -0.2) is 23.4 Å². The normalized spacial score (nSPS) is 19.1. The molecule has 4 aliphatic heterocycles. The number of anilines is 4. The number of nitriles is 10. The Morgan fingerprint density at radius 3 is 1.09 bits per heavy atom. The van der Waals surface area contributed by atoms with E-state index in [2.05, 4.69) is 78.2 Å². The van der Waals surface area contributed by atoms with Crippen molar-refractivity contribution in [3.63, 3.8) is 0 Å². The number of carbonyl (C=O) groups excluding carboxylic acids is 4. The molecule has 6 aromatic carbocycles. The molecule has 8 aliphatic rings. The van der Waals surface area contributed by atoms with Crippen LogP contribution in [0, 0.1) is 179 Å². The van der Waals surface area contributed by atoms with E-state index >= 15 is 0 Å². The van der Waals surface area contributed by atoms with Crippen molar-refractivity contribution in [1.29, 1.82) is 52.6 Å². The first-order chi connectivity index (χ1) is 54.1. The third kappa shape index (κ3) is 18.5. The van der Waals surface area contributed by atoms with Crippen LogP contribution in [0.5, 0.6) is 0 Å². The van der Waals surface area contributed by atoms with Gasteiger partial charge < -0.3 is 39.1 Å². The number of benzene rings is 6. The van der Waals surface area contributed by atoms with E-state index in [1.807, 2.05) is 57.3 Å². The van der Waals surface area contributed by atoms with Crippen LogP contribution in [0.2, 0.25) is 0 Å². The summed E-state index contributed by atoms with van der Waals surface area (Å²) in [5.74, 6) is 3.17. The Hall–Kier alpha value is -12.9. The van der Waals surface area contributed by atoms with Crippen LogP contribution in [0.15, 0.2) is 97.7 Å². The molecule has 112 heavy (non-hydrogen) atoms. The molecule has 8 aromatic rings. The van der Waals surface area contributed by atoms with E-state index in [1.54, 1.807) is 72.6 Å². The summed E-state index contributed by atoms with van der Waals surface area (Å²) in [6.07, 6.45) is 12.8. The lowest BCUT2D eigenvalue weighted by atomic mass is 10.0. The third-order valence-electron chi connectivity index (χ3n) is 20.4. The number of imidazole rings is 1. The predicted molar refractivity (Wildman–Crippen MR) is 414 cm³/mol. The fourth-order valence-corrected chi connectivity index (χ4v) is 16.5. The summed E-state index contributed by atoms with van der Waals surface area (Å²) < 4.78 is 35.1. The first kappa shape index (κ1) is 80.1. The van der Waals surface area contributed by atoms with Gasteiger partial charge in [0, 0.05) is 88.0 Å². The molecule has 30 heteroatoms. The summed E-state index contributed by atoms with van der Waals surface area (Å²) in [6, 6.07) is 39.4. The second-order valence-electron chi connectivity index (χ2n) is 28.0. The number of hydrogen-bond acceptors (Lipinski definition) is 23. The second kappa shape index (κ2) is 35.6. The van der Waals surface area contributed by atoms with Gasteiger partial charge in [0.05, 0.1) is 123 Å². The van der Waals surface area contributed by atoms with E-state index in [4.69, 9.17) is 25.5 Å². The number of rotatable bonds is 15. The van der Waals surface area contributed by atoms with Gasteiger partial charge in [-0.1, -0.05) is 0 Å². The Morgan fingerprint density at radius 2 is 0.786 bits per heavy atom. The predicted octanol–water partition coefficient (Wildman–Crippen LogP) is 11.4. The SMILES string of the molecule is CCOC(=O)c1cn(Cc2cc(C#N)c(N3CC4CC4C3)c(C#N)c2)cn1.N#Cc1cc(C=O)cc(C#N)c1F.N#Cc1cc(C=O)cc(C#N)c1N1CC2CC2C1.N#Cc1cc(CO)cc(C#N)c1N1CC2CC2C1.N#Cc1cc(Cn2cc(C(=O)O)cn2)cc(C#N)c1N1CC2CC2C1.O=Cc1cc(I)c(F)c(I)c1. The zero-order valence-electron chi connectivity index (χ0n) is 59.8. The van der Waals surface area contributed by atoms with Gasteiger partial charge >= 0.3 is 11.9 Å². The van der Waals surface area contributed by atoms with Gasteiger partial charge in [0.15, 0.2) is 11.5 Å². The van der Waals surface area contributed by atoms with Crippen LogP contribution in [-0.2, 0) is 24.4 Å². The number of nitrogens with zero attached hydrogens (tertiary/aromatic N) is 18. The number of ether oxygens (including phenoxy) is 1. The highest BCUT2D eigenvalue weighted by Gasteiger charge is 2.49. The highest BCUT2D eigenvalue weighted by molar-refractivity contribution is 14.1. The van der Waals surface area contributed by atoms with Gasteiger partial charge in [-0.2, -0.15) is 57.7 Å². The molecule has 558 valence electrons. The lowest BCUT2D eigenvalue weighted by Crippen LogP contribution is -2.24. The zero-order chi connectivity index (χ0) is 80.2. The molecule has 8 fully saturated rings. The number of piperidine rings is 4. The van der Waals surface area contributed by atoms with Crippen molar-refractivity contribution in [1.82, 2.24) is 19.3 Å². The van der Waals surface area contributed by atoms with Crippen molar-refractivity contribution in [2.75, 3.05) is 78.6 Å². The maximum atomic E-state index is 13.0. The summed E-state index contributed by atoms with van der Waals surface area (Å²) in [6.45, 7) is 10.1. The number of aromatic nitrogens is 4. The number of carboxylic acids is 1. The van der Waals surface area contributed by atoms with Crippen LogP contribution in [0.1, 0.15) is 157 Å². The molecule has 8 unspecified atom stereocenters. The lowest BCUT2D eigenvalue weighted by Gasteiger charge is -2.23. The Kier molecular flexibility index (Phi) is 25.5. The van der Waals surface area contributed by atoms with E-state index in [1.165, 1.54) is 54.9 Å². The summed E-state index contributed by atoms with van der Waals surface area (Å²) in [5, 5.41) is 114. The van der Waals surface area contributed by atoms with Crippen molar-refractivity contribution in [2.45, 2.75) is 52.3 Å². The molecule has 0 radical (unpaired) electrons. The van der Waals surface area contributed by atoms with Crippen molar-refractivity contribution in [3.8, 4) is 60.7 Å². The van der Waals surface area contributed by atoms with Gasteiger partial charge in [-0.3, -0.25) is 19.1 Å². The number of aliphatic hydroxyl groups excluding tert-OH is 1. The van der Waals surface area contributed by atoms with Gasteiger partial charge in [0.2, 0.25) is 0 Å². The molecular weight excluding hydrogens is 1660 g/mol. The molecule has 8 atom stereocenters. The number of aromatic carboxylic acids is 1. The fourth-order valence-electron chi connectivity index (χ4n) is 14.7. The molecule has 26 nitrogen and oxygen atoms in total. The molecule has 4 saturated carbocycles. The highest BCUT2D eigenvalue weighted by Crippen LogP contribution is 2.51. The number of carbonyl (C=O) groups is 5. The average Bonchev–Trinajstić information content (AvgIpc) is 1.62. The smallest absolute Gasteiger partial charge is 0.358 e. The molecule has 0 bridgehead atoms. The molecule has 0 spiro atoms. The van der Waals surface area contributed by atoms with E-state index in [0.29, 0.717) is 124 Å². The Bertz CT molecular complexity index is 5340. The molecule has 6 heterocycles. The van der Waals surface area contributed by atoms with Crippen LogP contribution in [-0.4, -0.2) is 119 Å². The third-order valence-corrected chi connectivity index (χ3v) is 22.0. The lowest BCUT2D eigenvalue weighted by molar-refractivity contribution is 0.0519.